The lowest BCUT2D eigenvalue weighted by molar-refractivity contribution is 0.483. The highest BCUT2D eigenvalue weighted by molar-refractivity contribution is 6.09. The van der Waals surface area contributed by atoms with Gasteiger partial charge in [0.2, 0.25) is 5.95 Å². The van der Waals surface area contributed by atoms with Crippen molar-refractivity contribution in [3.8, 4) is 51.5 Å². The molecule has 0 radical (unpaired) electrons. The van der Waals surface area contributed by atoms with Gasteiger partial charge in [0.25, 0.3) is 0 Å². The second-order valence-corrected chi connectivity index (χ2v) is 11.3. The maximum Gasteiger partial charge on any atom is 0.234 e. The van der Waals surface area contributed by atoms with Gasteiger partial charge in [0.15, 0.2) is 0 Å². The Bertz CT molecular complexity index is 2330. The average Bonchev–Trinajstić information content (AvgIpc) is 3.47. The first-order valence-corrected chi connectivity index (χ1v) is 15.6. The van der Waals surface area contributed by atoms with E-state index in [1.807, 2.05) is 126 Å². The minimum Gasteiger partial charge on any atom is -0.457 e. The van der Waals surface area contributed by atoms with Crippen molar-refractivity contribution in [2.24, 2.45) is 0 Å². The molecule has 0 saturated heterocycles. The second kappa shape index (κ2) is 12.8. The number of fused-ring (bicyclic) bond motifs is 3. The maximum atomic E-state index is 7.59. The zero-order valence-electron chi connectivity index (χ0n) is 28.8. The normalized spacial score (nSPS) is 12.4. The number of benzene rings is 4. The summed E-state index contributed by atoms with van der Waals surface area (Å²) in [7, 11) is 0. The van der Waals surface area contributed by atoms with Crippen LogP contribution in [0.2, 0.25) is 0 Å². The van der Waals surface area contributed by atoms with Gasteiger partial charge in [0, 0.05) is 62.9 Å². The third-order valence-corrected chi connectivity index (χ3v) is 8.08. The van der Waals surface area contributed by atoms with Crippen molar-refractivity contribution in [2.75, 3.05) is 0 Å². The first-order chi connectivity index (χ1) is 24.9. The fourth-order valence-electron chi connectivity index (χ4n) is 5.83. The molecule has 0 saturated carbocycles. The van der Waals surface area contributed by atoms with Crippen LogP contribution < -0.4 is 9.47 Å². The predicted molar refractivity (Wildman–Crippen MR) is 190 cm³/mol. The van der Waals surface area contributed by atoms with Crippen LogP contribution in [0.1, 0.15) is 22.9 Å². The molecule has 4 aromatic heterocycles. The Morgan fingerprint density at radius 2 is 1.10 bits per heavy atom. The van der Waals surface area contributed by atoms with Gasteiger partial charge in [-0.25, -0.2) is 9.97 Å². The molecule has 4 heterocycles. The van der Waals surface area contributed by atoms with Crippen LogP contribution in [0.5, 0.6) is 23.0 Å². The van der Waals surface area contributed by atoms with Crippen LogP contribution in [-0.2, 0) is 6.42 Å². The summed E-state index contributed by atoms with van der Waals surface area (Å²) in [6.07, 6.45) is 7.34. The molecule has 4 aromatic carbocycles. The van der Waals surface area contributed by atoms with E-state index in [4.69, 9.17) is 23.6 Å². The molecule has 7 heteroatoms. The largest absolute Gasteiger partial charge is 0.457 e. The van der Waals surface area contributed by atoms with Crippen LogP contribution in [0, 0.1) is 0 Å². The first kappa shape index (κ1) is 25.8. The summed E-state index contributed by atoms with van der Waals surface area (Å²) in [6.45, 7) is -2.02. The van der Waals surface area contributed by atoms with E-state index in [2.05, 4.69) is 9.97 Å². The Balaban J connectivity index is 1.19. The number of aryl methyl sites for hydroxylation is 1. The van der Waals surface area contributed by atoms with E-state index >= 15 is 0 Å². The average molecular weight is 629 g/mol. The molecule has 0 unspecified atom stereocenters. The zero-order chi connectivity index (χ0) is 34.8. The Hall–Kier alpha value is -6.34. The van der Waals surface area contributed by atoms with Gasteiger partial charge in [-0.15, -0.1) is 0 Å². The number of pyridine rings is 2. The molecule has 0 atom stereocenters. The lowest BCUT2D eigenvalue weighted by Gasteiger charge is -2.10. The van der Waals surface area contributed by atoms with Gasteiger partial charge in [-0.05, 0) is 84.8 Å². The van der Waals surface area contributed by atoms with Gasteiger partial charge < -0.3 is 9.47 Å². The quantitative estimate of drug-likeness (QED) is 0.158. The van der Waals surface area contributed by atoms with Crippen molar-refractivity contribution >= 4 is 21.8 Å². The summed E-state index contributed by atoms with van der Waals surface area (Å²) >= 11 is 0. The lowest BCUT2D eigenvalue weighted by Crippen LogP contribution is -2.02. The molecule has 48 heavy (non-hydrogen) atoms. The number of nitrogens with zero attached hydrogens (tertiary/aromatic N) is 5. The van der Waals surface area contributed by atoms with Crippen molar-refractivity contribution in [3.63, 3.8) is 0 Å². The molecule has 0 fully saturated rings. The van der Waals surface area contributed by atoms with E-state index in [0.717, 1.165) is 49.9 Å². The number of rotatable bonds is 9. The summed E-state index contributed by atoms with van der Waals surface area (Å²) in [6, 6.07) is 39.2. The third kappa shape index (κ3) is 5.85. The highest BCUT2D eigenvalue weighted by Crippen LogP contribution is 2.38. The molecule has 0 amide bonds. The van der Waals surface area contributed by atoms with E-state index in [1.54, 1.807) is 24.8 Å². The summed E-state index contributed by atoms with van der Waals surface area (Å²) in [5.41, 5.74) is 6.06. The van der Waals surface area contributed by atoms with E-state index in [-0.39, 0.29) is 6.42 Å². The lowest BCUT2D eigenvalue weighted by atomic mass is 10.1. The topological polar surface area (TPSA) is 75.0 Å². The standard InChI is InChI=1S/C41H31N5O2/c1-2-9-28-26-44-41(45-27-28)46-39-24-33(47-31-12-7-10-29(22-31)37-14-3-5-20-42-37)16-18-35(39)36-19-17-34(25-40(36)46)48-32-13-8-11-30(23-32)38-15-4-6-21-43-38/h3-8,10-27H,2,9H2,1H3/i1D3. The molecule has 0 spiro atoms. The molecular formula is C41H31N5O2. The molecule has 8 rings (SSSR count). The Morgan fingerprint density at radius 1 is 0.562 bits per heavy atom. The monoisotopic (exact) mass is 628 g/mol. The third-order valence-electron chi connectivity index (χ3n) is 8.08. The van der Waals surface area contributed by atoms with Gasteiger partial charge >= 0.3 is 0 Å². The molecule has 0 N–H and O–H groups in total. The number of ether oxygens (including phenoxy) is 2. The molecule has 8 aromatic rings. The van der Waals surface area contributed by atoms with Crippen molar-refractivity contribution < 1.29 is 13.6 Å². The van der Waals surface area contributed by atoms with E-state index in [1.165, 1.54) is 0 Å². The summed E-state index contributed by atoms with van der Waals surface area (Å²) in [4.78, 5) is 18.4. The highest BCUT2D eigenvalue weighted by atomic mass is 16.5. The van der Waals surface area contributed by atoms with Crippen molar-refractivity contribution in [3.05, 3.63) is 152 Å². The van der Waals surface area contributed by atoms with Crippen LogP contribution in [-0.4, -0.2) is 24.5 Å². The van der Waals surface area contributed by atoms with Gasteiger partial charge in [-0.3, -0.25) is 14.5 Å². The van der Waals surface area contributed by atoms with E-state index in [9.17, 15) is 0 Å². The fraction of sp³-hybridized carbons (Fsp3) is 0.0732. The second-order valence-electron chi connectivity index (χ2n) is 11.3. The van der Waals surface area contributed by atoms with Crippen LogP contribution in [0.15, 0.2) is 146 Å². The molecule has 0 bridgehead atoms. The summed E-state index contributed by atoms with van der Waals surface area (Å²) < 4.78 is 37.6. The SMILES string of the molecule is [2H]C([2H])([2H])CCc1cnc(-n2c3cc(Oc4cccc(-c5ccccn5)c4)ccc3c3ccc(Oc4cccc(-c5ccccn5)c4)cc32)nc1. The van der Waals surface area contributed by atoms with Crippen LogP contribution >= 0.6 is 0 Å². The number of hydrogen-bond acceptors (Lipinski definition) is 6. The molecule has 0 aliphatic carbocycles. The Kier molecular flexibility index (Phi) is 6.89. The first-order valence-electron chi connectivity index (χ1n) is 17.1. The molecule has 0 aliphatic rings. The number of aromatic nitrogens is 5. The van der Waals surface area contributed by atoms with Crippen LogP contribution in [0.3, 0.4) is 0 Å². The van der Waals surface area contributed by atoms with E-state index < -0.39 is 6.85 Å². The van der Waals surface area contributed by atoms with Crippen LogP contribution in [0.4, 0.5) is 0 Å². The van der Waals surface area contributed by atoms with Crippen molar-refractivity contribution in [1.29, 1.82) is 0 Å². The van der Waals surface area contributed by atoms with Crippen LogP contribution in [0.25, 0.3) is 50.3 Å². The maximum absolute atomic E-state index is 7.59. The molecular weight excluding hydrogens is 594 g/mol. The fourth-order valence-corrected chi connectivity index (χ4v) is 5.83. The molecule has 232 valence electrons. The Morgan fingerprint density at radius 3 is 1.60 bits per heavy atom. The predicted octanol–water partition coefficient (Wildman–Crippen LogP) is 10.2. The highest BCUT2D eigenvalue weighted by Gasteiger charge is 2.17. The van der Waals surface area contributed by atoms with Gasteiger partial charge in [0.1, 0.15) is 23.0 Å². The zero-order valence-corrected chi connectivity index (χ0v) is 25.8. The van der Waals surface area contributed by atoms with Gasteiger partial charge in [-0.1, -0.05) is 49.7 Å². The van der Waals surface area contributed by atoms with E-state index in [0.29, 0.717) is 35.4 Å². The number of hydrogen-bond donors (Lipinski definition) is 0. The summed E-state index contributed by atoms with van der Waals surface area (Å²) in [5, 5.41) is 1.97. The van der Waals surface area contributed by atoms with Gasteiger partial charge in [-0.2, -0.15) is 0 Å². The Labute approximate surface area is 282 Å². The minimum atomic E-state index is -2.02. The van der Waals surface area contributed by atoms with Crippen molar-refractivity contribution in [1.82, 2.24) is 24.5 Å². The van der Waals surface area contributed by atoms with Gasteiger partial charge in [0.05, 0.1) is 22.4 Å². The summed E-state index contributed by atoms with van der Waals surface area (Å²) in [5.74, 6) is 3.08. The van der Waals surface area contributed by atoms with Crippen molar-refractivity contribution in [2.45, 2.75) is 19.7 Å². The molecule has 0 aliphatic heterocycles. The smallest absolute Gasteiger partial charge is 0.234 e. The molecule has 7 nitrogen and oxygen atoms in total. The minimum absolute atomic E-state index is 0.0511.